The zero-order valence-electron chi connectivity index (χ0n) is 18.0. The van der Waals surface area contributed by atoms with Gasteiger partial charge in [0.25, 0.3) is 5.91 Å². The van der Waals surface area contributed by atoms with Crippen molar-refractivity contribution < 1.29 is 9.53 Å². The topological polar surface area (TPSA) is 45.7 Å². The van der Waals surface area contributed by atoms with E-state index in [-0.39, 0.29) is 5.91 Å². The molecule has 5 nitrogen and oxygen atoms in total. The quantitative estimate of drug-likeness (QED) is 0.421. The first-order valence-electron chi connectivity index (χ1n) is 10.8. The van der Waals surface area contributed by atoms with E-state index in [9.17, 15) is 4.79 Å². The van der Waals surface area contributed by atoms with E-state index in [4.69, 9.17) is 9.72 Å². The van der Waals surface area contributed by atoms with Crippen LogP contribution in [0.5, 0.6) is 0 Å². The van der Waals surface area contributed by atoms with Gasteiger partial charge in [-0.25, -0.2) is 4.98 Å². The molecule has 0 radical (unpaired) electrons. The number of nitrogens with zero attached hydrogens (tertiary/aromatic N) is 3. The van der Waals surface area contributed by atoms with E-state index < -0.39 is 0 Å². The van der Waals surface area contributed by atoms with Crippen LogP contribution in [0.3, 0.4) is 0 Å². The molecule has 0 bridgehead atoms. The number of carbonyl (C=O) groups excluding carboxylic acids is 1. The molecule has 4 aromatic rings. The second kappa shape index (κ2) is 9.10. The smallest absolute Gasteiger partial charge is 0.259 e. The number of rotatable bonds is 5. The maximum atomic E-state index is 13.8. The van der Waals surface area contributed by atoms with Crippen LogP contribution in [0, 0.1) is 6.92 Å². The highest BCUT2D eigenvalue weighted by molar-refractivity contribution is 7.13. The van der Waals surface area contributed by atoms with Crippen LogP contribution in [0.15, 0.2) is 72.1 Å². The van der Waals surface area contributed by atoms with Gasteiger partial charge in [0, 0.05) is 29.7 Å². The van der Waals surface area contributed by atoms with Crippen molar-refractivity contribution in [1.29, 1.82) is 0 Å². The minimum Gasteiger partial charge on any atom is -0.378 e. The fraction of sp³-hybridized carbons (Fsp3) is 0.231. The largest absolute Gasteiger partial charge is 0.378 e. The van der Waals surface area contributed by atoms with Gasteiger partial charge in [-0.1, -0.05) is 54.1 Å². The van der Waals surface area contributed by atoms with Crippen molar-refractivity contribution in [2.45, 2.75) is 13.5 Å². The minimum absolute atomic E-state index is 0.0217. The number of aromatic nitrogens is 1. The summed E-state index contributed by atoms with van der Waals surface area (Å²) in [5.74, 6) is -0.0217. The standard InChI is InChI=1S/C26H25N3O2S/c1-19-9-11-22(12-10-19)29(17-21-18-32-26(27-21)28-13-15-31-16-14-28)25(30)24-8-4-6-20-5-2-3-7-23(20)24/h2-12,18H,13-17H2,1H3. The molecule has 0 aliphatic carbocycles. The zero-order valence-corrected chi connectivity index (χ0v) is 18.8. The lowest BCUT2D eigenvalue weighted by molar-refractivity contribution is 0.0986. The zero-order chi connectivity index (χ0) is 21.9. The molecule has 0 spiro atoms. The summed E-state index contributed by atoms with van der Waals surface area (Å²) in [5, 5.41) is 5.07. The van der Waals surface area contributed by atoms with E-state index in [1.54, 1.807) is 11.3 Å². The van der Waals surface area contributed by atoms with Crippen LogP contribution >= 0.6 is 11.3 Å². The lowest BCUT2D eigenvalue weighted by Gasteiger charge is -2.26. The molecule has 1 aliphatic heterocycles. The molecule has 1 saturated heterocycles. The Labute approximate surface area is 191 Å². The summed E-state index contributed by atoms with van der Waals surface area (Å²) in [6.45, 7) is 5.63. The Hall–Kier alpha value is -3.22. The summed E-state index contributed by atoms with van der Waals surface area (Å²) in [6, 6.07) is 22.0. The van der Waals surface area contributed by atoms with Gasteiger partial charge in [0.2, 0.25) is 0 Å². The van der Waals surface area contributed by atoms with E-state index in [0.717, 1.165) is 59.2 Å². The van der Waals surface area contributed by atoms with E-state index in [2.05, 4.69) is 17.2 Å². The van der Waals surface area contributed by atoms with Gasteiger partial charge in [-0.3, -0.25) is 4.79 Å². The molecule has 6 heteroatoms. The van der Waals surface area contributed by atoms with Crippen molar-refractivity contribution in [3.05, 3.63) is 88.9 Å². The van der Waals surface area contributed by atoms with Gasteiger partial charge in [0.1, 0.15) is 0 Å². The highest BCUT2D eigenvalue weighted by atomic mass is 32.1. The molecular formula is C26H25N3O2S. The Kier molecular flexibility index (Phi) is 5.88. The Bertz CT molecular complexity index is 1220. The molecule has 32 heavy (non-hydrogen) atoms. The molecule has 0 unspecified atom stereocenters. The van der Waals surface area contributed by atoms with Gasteiger partial charge >= 0.3 is 0 Å². The van der Waals surface area contributed by atoms with Crippen LogP contribution in [0.1, 0.15) is 21.6 Å². The molecule has 1 amide bonds. The predicted molar refractivity (Wildman–Crippen MR) is 131 cm³/mol. The first-order chi connectivity index (χ1) is 15.7. The second-order valence-corrected chi connectivity index (χ2v) is 8.81. The summed E-state index contributed by atoms with van der Waals surface area (Å²) in [6.07, 6.45) is 0. The lowest BCUT2D eigenvalue weighted by atomic mass is 10.0. The molecule has 1 aromatic heterocycles. The van der Waals surface area contributed by atoms with Gasteiger partial charge in [-0.2, -0.15) is 0 Å². The van der Waals surface area contributed by atoms with E-state index in [1.807, 2.05) is 71.6 Å². The third-order valence-electron chi connectivity index (χ3n) is 5.75. The normalized spacial score (nSPS) is 14.0. The molecule has 0 atom stereocenters. The monoisotopic (exact) mass is 443 g/mol. The Morgan fingerprint density at radius 2 is 1.78 bits per heavy atom. The lowest BCUT2D eigenvalue weighted by Crippen LogP contribution is -2.36. The first kappa shape index (κ1) is 20.7. The summed E-state index contributed by atoms with van der Waals surface area (Å²) >= 11 is 1.63. The second-order valence-electron chi connectivity index (χ2n) is 7.97. The van der Waals surface area contributed by atoms with Gasteiger partial charge in [-0.05, 0) is 35.9 Å². The predicted octanol–water partition coefficient (Wildman–Crippen LogP) is 5.29. The summed E-state index contributed by atoms with van der Waals surface area (Å²) < 4.78 is 5.46. The van der Waals surface area contributed by atoms with Gasteiger partial charge in [0.05, 0.1) is 25.5 Å². The number of carbonyl (C=O) groups is 1. The fourth-order valence-electron chi connectivity index (χ4n) is 3.99. The molecule has 1 fully saturated rings. The maximum Gasteiger partial charge on any atom is 0.259 e. The van der Waals surface area contributed by atoms with Crippen LogP contribution in [0.2, 0.25) is 0 Å². The average Bonchev–Trinajstić information content (AvgIpc) is 3.32. The first-order valence-corrected chi connectivity index (χ1v) is 11.7. The number of aryl methyl sites for hydroxylation is 1. The number of hydrogen-bond acceptors (Lipinski definition) is 5. The van der Waals surface area contributed by atoms with Gasteiger partial charge in [-0.15, -0.1) is 11.3 Å². The van der Waals surface area contributed by atoms with Crippen LogP contribution < -0.4 is 9.80 Å². The summed E-state index contributed by atoms with van der Waals surface area (Å²) in [4.78, 5) is 22.8. The number of anilines is 2. The van der Waals surface area contributed by atoms with Crippen molar-refractivity contribution in [2.75, 3.05) is 36.1 Å². The molecule has 0 saturated carbocycles. The molecule has 162 valence electrons. The number of hydrogen-bond donors (Lipinski definition) is 0. The highest BCUT2D eigenvalue weighted by Gasteiger charge is 2.22. The number of benzene rings is 3. The van der Waals surface area contributed by atoms with Crippen LogP contribution in [-0.4, -0.2) is 37.2 Å². The molecule has 3 aromatic carbocycles. The van der Waals surface area contributed by atoms with Crippen molar-refractivity contribution >= 4 is 38.8 Å². The van der Waals surface area contributed by atoms with E-state index in [0.29, 0.717) is 12.1 Å². The third-order valence-corrected chi connectivity index (χ3v) is 6.70. The number of fused-ring (bicyclic) bond motifs is 1. The number of ether oxygens (including phenoxy) is 1. The average molecular weight is 444 g/mol. The minimum atomic E-state index is -0.0217. The number of thiazole rings is 1. The number of amides is 1. The van der Waals surface area contributed by atoms with E-state index in [1.165, 1.54) is 0 Å². The van der Waals surface area contributed by atoms with Crippen molar-refractivity contribution in [3.8, 4) is 0 Å². The SMILES string of the molecule is Cc1ccc(N(Cc2csc(N3CCOCC3)n2)C(=O)c2cccc3ccccc23)cc1. The van der Waals surface area contributed by atoms with Crippen LogP contribution in [0.25, 0.3) is 10.8 Å². The molecule has 0 N–H and O–H groups in total. The van der Waals surface area contributed by atoms with Crippen molar-refractivity contribution in [1.82, 2.24) is 4.98 Å². The van der Waals surface area contributed by atoms with Gasteiger partial charge < -0.3 is 14.5 Å². The van der Waals surface area contributed by atoms with Crippen molar-refractivity contribution in [3.63, 3.8) is 0 Å². The summed E-state index contributed by atoms with van der Waals surface area (Å²) in [7, 11) is 0. The van der Waals surface area contributed by atoms with E-state index >= 15 is 0 Å². The Morgan fingerprint density at radius 3 is 2.59 bits per heavy atom. The number of morpholine rings is 1. The van der Waals surface area contributed by atoms with Crippen LogP contribution in [0.4, 0.5) is 10.8 Å². The highest BCUT2D eigenvalue weighted by Crippen LogP contribution is 2.27. The molecule has 1 aliphatic rings. The Balaban J connectivity index is 1.49. The fourth-order valence-corrected chi connectivity index (χ4v) is 4.86. The maximum absolute atomic E-state index is 13.8. The molecule has 2 heterocycles. The molecule has 5 rings (SSSR count). The molecular weight excluding hydrogens is 418 g/mol. The van der Waals surface area contributed by atoms with Crippen molar-refractivity contribution in [2.24, 2.45) is 0 Å². The third kappa shape index (κ3) is 4.24. The summed E-state index contributed by atoms with van der Waals surface area (Å²) in [5.41, 5.74) is 3.63. The Morgan fingerprint density at radius 1 is 1.03 bits per heavy atom. The van der Waals surface area contributed by atoms with Crippen LogP contribution in [-0.2, 0) is 11.3 Å². The van der Waals surface area contributed by atoms with Gasteiger partial charge in [0.15, 0.2) is 5.13 Å².